The first kappa shape index (κ1) is 25.5. The monoisotopic (exact) mass is 647 g/mol. The maximum Gasteiger partial charge on any atom is -0.107 e. The fourth-order valence-corrected chi connectivity index (χ4v) is 27.3. The van der Waals surface area contributed by atoms with Crippen LogP contribution in [0.2, 0.25) is 13.1 Å². The summed E-state index contributed by atoms with van der Waals surface area (Å²) in [4.78, 5) is 0. The summed E-state index contributed by atoms with van der Waals surface area (Å²) in [5.41, 5.74) is 9.84. The minimum Gasteiger partial charge on any atom is -0.107 e. The Kier molecular flexibility index (Phi) is 10.2. The molecule has 137 valence electrons. The molecular weight excluding hydrogens is 613 g/mol. The Morgan fingerprint density at radius 2 is 0.917 bits per heavy atom. The standard InChI is InChI=1S/2C9H13.C2H7Si.2HI.Zr/c2*1-6-5-7(2)9(4)8(6)3;1-3-2;;;/h2*6H,1-4H3;3H,1-2H3;2*1H;. The summed E-state index contributed by atoms with van der Waals surface area (Å²) >= 11 is -1.69. The van der Waals surface area contributed by atoms with Crippen LogP contribution in [0.25, 0.3) is 0 Å². The molecule has 2 aliphatic carbocycles. The van der Waals surface area contributed by atoms with Crippen molar-refractivity contribution in [2.75, 3.05) is 0 Å². The topological polar surface area (TPSA) is 0 Å². The van der Waals surface area contributed by atoms with Crippen LogP contribution in [-0.2, 0) is 20.9 Å². The zero-order valence-corrected chi connectivity index (χ0v) is 25.3. The van der Waals surface area contributed by atoms with Crippen molar-refractivity contribution in [3.63, 3.8) is 0 Å². The molecule has 0 aromatic carbocycles. The van der Waals surface area contributed by atoms with Crippen LogP contribution in [0.3, 0.4) is 0 Å². The zero-order valence-electron chi connectivity index (χ0n) is 17.0. The molecule has 0 aromatic heterocycles. The van der Waals surface area contributed by atoms with E-state index in [2.05, 4.69) is 68.5 Å². The minimum atomic E-state index is -1.69. The summed E-state index contributed by atoms with van der Waals surface area (Å²) in [6, 6.07) is 0. The summed E-state index contributed by atoms with van der Waals surface area (Å²) in [6.07, 6.45) is 0. The van der Waals surface area contributed by atoms with Crippen LogP contribution in [0, 0.1) is 11.8 Å². The fraction of sp³-hybridized carbons (Fsp3) is 0.600. The Morgan fingerprint density at radius 3 is 1.08 bits per heavy atom. The summed E-state index contributed by atoms with van der Waals surface area (Å²) in [5, 5.41) is 0. The van der Waals surface area contributed by atoms with Gasteiger partial charge in [0.25, 0.3) is 0 Å². The van der Waals surface area contributed by atoms with Gasteiger partial charge in [-0.1, -0.05) is 0 Å². The van der Waals surface area contributed by atoms with E-state index in [1.807, 2.05) is 6.56 Å². The molecule has 0 saturated carbocycles. The molecule has 2 rings (SSSR count). The predicted octanol–water partition coefficient (Wildman–Crippen LogP) is 7.34. The molecule has 4 heteroatoms. The quantitative estimate of drug-likeness (QED) is 0.222. The van der Waals surface area contributed by atoms with Crippen molar-refractivity contribution < 1.29 is 20.9 Å². The van der Waals surface area contributed by atoms with Gasteiger partial charge in [-0.3, -0.25) is 0 Å². The van der Waals surface area contributed by atoms with Crippen molar-refractivity contribution in [3.05, 3.63) is 40.0 Å². The molecule has 0 fully saturated rings. The number of allylic oxidation sites excluding steroid dienone is 8. The van der Waals surface area contributed by atoms with Crippen LogP contribution in [0.15, 0.2) is 40.0 Å². The third-order valence-electron chi connectivity index (χ3n) is 6.44. The van der Waals surface area contributed by atoms with Crippen molar-refractivity contribution in [1.29, 1.82) is 0 Å². The predicted molar refractivity (Wildman–Crippen MR) is 130 cm³/mol. The normalized spacial score (nSPS) is 24.1. The van der Waals surface area contributed by atoms with Gasteiger partial charge in [-0.05, 0) is 0 Å². The zero-order chi connectivity index (χ0) is 16.9. The van der Waals surface area contributed by atoms with Gasteiger partial charge in [-0.2, -0.15) is 0 Å². The first-order chi connectivity index (χ1) is 10.1. The Bertz CT molecular complexity index is 586. The minimum absolute atomic E-state index is 0. The molecule has 0 N–H and O–H groups in total. The second-order valence-corrected chi connectivity index (χ2v) is 26.6. The van der Waals surface area contributed by atoms with E-state index < -0.39 is 26.8 Å². The maximum absolute atomic E-state index is 2.63. The molecule has 0 amide bonds. The van der Waals surface area contributed by atoms with Gasteiger partial charge in [-0.15, -0.1) is 48.0 Å². The van der Waals surface area contributed by atoms with Crippen molar-refractivity contribution in [3.8, 4) is 0 Å². The molecule has 0 aromatic rings. The summed E-state index contributed by atoms with van der Waals surface area (Å²) in [5.74, 6) is 0.814. The van der Waals surface area contributed by atoms with Crippen LogP contribution in [0.4, 0.5) is 0 Å². The van der Waals surface area contributed by atoms with Gasteiger partial charge in [0.05, 0.1) is 0 Å². The fourth-order valence-electron chi connectivity index (χ4n) is 4.37. The van der Waals surface area contributed by atoms with E-state index in [0.29, 0.717) is 0 Å². The number of rotatable bonds is 3. The van der Waals surface area contributed by atoms with Crippen LogP contribution in [-0.4, -0.2) is 5.92 Å². The first-order valence-corrected chi connectivity index (χ1v) is 18.4. The molecular formula is C20H35I2SiZr. The molecule has 0 saturated heterocycles. The van der Waals surface area contributed by atoms with Gasteiger partial charge in [0.2, 0.25) is 0 Å². The number of hydrogen-bond donors (Lipinski definition) is 0. The first-order valence-electron chi connectivity index (χ1n) is 8.75. The van der Waals surface area contributed by atoms with Gasteiger partial charge < -0.3 is 0 Å². The largest absolute Gasteiger partial charge is 0.107 e. The molecule has 2 aliphatic rings. The average molecular weight is 649 g/mol. The molecule has 24 heavy (non-hydrogen) atoms. The van der Waals surface area contributed by atoms with Crippen LogP contribution in [0.5, 0.6) is 0 Å². The number of halogens is 2. The molecule has 0 nitrogen and oxygen atoms in total. The summed E-state index contributed by atoms with van der Waals surface area (Å²) in [7, 11) is 0. The van der Waals surface area contributed by atoms with Gasteiger partial charge in [-0.25, -0.2) is 0 Å². The van der Waals surface area contributed by atoms with Crippen LogP contribution < -0.4 is 0 Å². The SMILES string of the molecule is CC1=C(C)C(C)[C]([Zr]([C]2=C(C)C(C)=C(C)C2C)[SiH](C)C)=C1C.I.I. The Labute approximate surface area is 193 Å². The Balaban J connectivity index is 0.00000264. The van der Waals surface area contributed by atoms with E-state index in [9.17, 15) is 0 Å². The van der Waals surface area contributed by atoms with E-state index in [1.165, 1.54) is 0 Å². The summed E-state index contributed by atoms with van der Waals surface area (Å²) < 4.78 is 3.89. The molecule has 0 heterocycles. The molecule has 0 spiro atoms. The number of hydrogen-bond acceptors (Lipinski definition) is 0. The smallest absolute Gasteiger partial charge is 0.107 e. The molecule has 2 unspecified atom stereocenters. The van der Waals surface area contributed by atoms with Gasteiger partial charge in [0.1, 0.15) is 0 Å². The van der Waals surface area contributed by atoms with Gasteiger partial charge >= 0.3 is 147 Å². The Morgan fingerprint density at radius 1 is 0.625 bits per heavy atom. The van der Waals surface area contributed by atoms with E-state index in [4.69, 9.17) is 0 Å². The van der Waals surface area contributed by atoms with Crippen LogP contribution in [0.1, 0.15) is 55.4 Å². The molecule has 0 radical (unpaired) electrons. The van der Waals surface area contributed by atoms with Crippen molar-refractivity contribution in [2.24, 2.45) is 11.8 Å². The average Bonchev–Trinajstić information content (AvgIpc) is 2.76. The second-order valence-electron chi connectivity index (χ2n) is 7.71. The van der Waals surface area contributed by atoms with E-state index >= 15 is 0 Å². The summed E-state index contributed by atoms with van der Waals surface area (Å²) in [6.45, 7) is 24.5. The second kappa shape index (κ2) is 9.64. The van der Waals surface area contributed by atoms with E-state index in [1.54, 1.807) is 33.4 Å². The van der Waals surface area contributed by atoms with E-state index in [0.717, 1.165) is 11.8 Å². The van der Waals surface area contributed by atoms with Crippen molar-refractivity contribution >= 4 is 53.9 Å². The van der Waals surface area contributed by atoms with Crippen molar-refractivity contribution in [1.82, 2.24) is 0 Å². The van der Waals surface area contributed by atoms with Crippen LogP contribution >= 0.6 is 48.0 Å². The molecule has 2 atom stereocenters. The molecule has 0 bridgehead atoms. The third-order valence-corrected chi connectivity index (χ3v) is 26.6. The van der Waals surface area contributed by atoms with E-state index in [-0.39, 0.29) is 48.0 Å². The van der Waals surface area contributed by atoms with Gasteiger partial charge in [0.15, 0.2) is 0 Å². The molecule has 0 aliphatic heterocycles. The van der Waals surface area contributed by atoms with Gasteiger partial charge in [0, 0.05) is 0 Å². The maximum atomic E-state index is 2.63. The third kappa shape index (κ3) is 4.16. The Hall–Kier alpha value is 1.52. The van der Waals surface area contributed by atoms with Crippen molar-refractivity contribution in [2.45, 2.75) is 68.5 Å².